The van der Waals surface area contributed by atoms with Gasteiger partial charge in [-0.15, -0.1) is 0 Å². The standard InChI is InChI=1S/C24H23N3O3/c28-24(13-10-19-8-11-22(12-9-19)27(29)30)26-16-14-25(15-17-26)18-21-6-3-5-20-4-1-2-7-23(20)21/h1-13H,14-18H2/b13-10+. The van der Waals surface area contributed by atoms with Crippen LogP contribution in [0.5, 0.6) is 0 Å². The Morgan fingerprint density at radius 2 is 1.63 bits per heavy atom. The average molecular weight is 401 g/mol. The summed E-state index contributed by atoms with van der Waals surface area (Å²) >= 11 is 0. The highest BCUT2D eigenvalue weighted by molar-refractivity contribution is 5.92. The molecular formula is C24H23N3O3. The molecule has 1 aliphatic rings. The van der Waals surface area contributed by atoms with Gasteiger partial charge in [0.05, 0.1) is 4.92 Å². The molecule has 3 aromatic rings. The second-order valence-corrected chi connectivity index (χ2v) is 7.42. The fourth-order valence-corrected chi connectivity index (χ4v) is 3.78. The fraction of sp³-hybridized carbons (Fsp3) is 0.208. The molecule has 0 aromatic heterocycles. The molecule has 0 saturated carbocycles. The number of non-ortho nitro benzene ring substituents is 1. The molecule has 0 unspecified atom stereocenters. The molecule has 6 nitrogen and oxygen atoms in total. The van der Waals surface area contributed by atoms with Crippen molar-refractivity contribution < 1.29 is 9.72 Å². The number of benzene rings is 3. The molecule has 0 radical (unpaired) electrons. The summed E-state index contributed by atoms with van der Waals surface area (Å²) in [5.41, 5.74) is 2.12. The highest BCUT2D eigenvalue weighted by Crippen LogP contribution is 2.20. The molecule has 152 valence electrons. The van der Waals surface area contributed by atoms with Crippen molar-refractivity contribution in [3.05, 3.63) is 94.0 Å². The summed E-state index contributed by atoms with van der Waals surface area (Å²) < 4.78 is 0. The van der Waals surface area contributed by atoms with Crippen molar-refractivity contribution in [3.63, 3.8) is 0 Å². The number of nitrogens with zero attached hydrogens (tertiary/aromatic N) is 3. The number of nitro benzene ring substituents is 1. The summed E-state index contributed by atoms with van der Waals surface area (Å²) in [6, 6.07) is 21.0. The van der Waals surface area contributed by atoms with Gasteiger partial charge in [-0.25, -0.2) is 0 Å². The first kappa shape index (κ1) is 19.8. The molecule has 3 aromatic carbocycles. The lowest BCUT2D eigenvalue weighted by Crippen LogP contribution is -2.47. The Hall–Kier alpha value is -3.51. The number of hydrogen-bond acceptors (Lipinski definition) is 4. The molecule has 1 heterocycles. The van der Waals surface area contributed by atoms with Gasteiger partial charge in [0.1, 0.15) is 0 Å². The molecule has 30 heavy (non-hydrogen) atoms. The average Bonchev–Trinajstić information content (AvgIpc) is 2.78. The third-order valence-electron chi connectivity index (χ3n) is 5.48. The van der Waals surface area contributed by atoms with Crippen LogP contribution in [-0.4, -0.2) is 46.8 Å². The van der Waals surface area contributed by atoms with Gasteiger partial charge in [-0.05, 0) is 40.1 Å². The van der Waals surface area contributed by atoms with E-state index in [0.717, 1.165) is 25.2 Å². The zero-order valence-corrected chi connectivity index (χ0v) is 16.6. The maximum Gasteiger partial charge on any atom is 0.269 e. The van der Waals surface area contributed by atoms with Crippen LogP contribution < -0.4 is 0 Å². The molecule has 4 rings (SSSR count). The molecule has 0 aliphatic carbocycles. The summed E-state index contributed by atoms with van der Waals surface area (Å²) in [4.78, 5) is 27.0. The molecule has 1 amide bonds. The van der Waals surface area contributed by atoms with Crippen LogP contribution in [0.1, 0.15) is 11.1 Å². The van der Waals surface area contributed by atoms with Crippen molar-refractivity contribution >= 4 is 28.4 Å². The van der Waals surface area contributed by atoms with Crippen LogP contribution in [0.15, 0.2) is 72.8 Å². The summed E-state index contributed by atoms with van der Waals surface area (Å²) in [7, 11) is 0. The summed E-state index contributed by atoms with van der Waals surface area (Å²) in [6.45, 7) is 3.92. The molecule has 1 saturated heterocycles. The predicted molar refractivity (Wildman–Crippen MR) is 118 cm³/mol. The topological polar surface area (TPSA) is 66.7 Å². The lowest BCUT2D eigenvalue weighted by atomic mass is 10.0. The number of piperazine rings is 1. The van der Waals surface area contributed by atoms with Crippen LogP contribution in [0.2, 0.25) is 0 Å². The highest BCUT2D eigenvalue weighted by Gasteiger charge is 2.20. The Bertz CT molecular complexity index is 1080. The van der Waals surface area contributed by atoms with Gasteiger partial charge in [0.15, 0.2) is 0 Å². The predicted octanol–water partition coefficient (Wildman–Crippen LogP) is 4.11. The third kappa shape index (κ3) is 4.55. The number of carbonyl (C=O) groups excluding carboxylic acids is 1. The second-order valence-electron chi connectivity index (χ2n) is 7.42. The molecule has 0 atom stereocenters. The zero-order valence-electron chi connectivity index (χ0n) is 16.6. The molecule has 1 aliphatic heterocycles. The Morgan fingerprint density at radius 1 is 0.933 bits per heavy atom. The minimum absolute atomic E-state index is 0.0295. The quantitative estimate of drug-likeness (QED) is 0.367. The van der Waals surface area contributed by atoms with E-state index in [1.54, 1.807) is 24.3 Å². The van der Waals surface area contributed by atoms with Gasteiger partial charge in [-0.3, -0.25) is 19.8 Å². The first-order valence-electron chi connectivity index (χ1n) is 10.0. The minimum Gasteiger partial charge on any atom is -0.337 e. The van der Waals surface area contributed by atoms with Gasteiger partial charge in [0.25, 0.3) is 5.69 Å². The van der Waals surface area contributed by atoms with Crippen LogP contribution in [0.3, 0.4) is 0 Å². The maximum absolute atomic E-state index is 12.5. The van der Waals surface area contributed by atoms with E-state index in [4.69, 9.17) is 0 Å². The van der Waals surface area contributed by atoms with Crippen LogP contribution in [0.4, 0.5) is 5.69 Å². The van der Waals surface area contributed by atoms with E-state index < -0.39 is 4.92 Å². The Labute approximate surface area is 175 Å². The van der Waals surface area contributed by atoms with Crippen molar-refractivity contribution in [2.24, 2.45) is 0 Å². The van der Waals surface area contributed by atoms with Crippen LogP contribution in [0, 0.1) is 10.1 Å². The molecule has 0 N–H and O–H groups in total. The summed E-state index contributed by atoms with van der Waals surface area (Å²) in [5.74, 6) is -0.0295. The second kappa shape index (κ2) is 8.88. The van der Waals surface area contributed by atoms with Gasteiger partial charge < -0.3 is 4.90 Å². The lowest BCUT2D eigenvalue weighted by Gasteiger charge is -2.34. The van der Waals surface area contributed by atoms with Crippen molar-refractivity contribution in [3.8, 4) is 0 Å². The van der Waals surface area contributed by atoms with Crippen molar-refractivity contribution in [1.82, 2.24) is 9.80 Å². The third-order valence-corrected chi connectivity index (χ3v) is 5.48. The van der Waals surface area contributed by atoms with Gasteiger partial charge in [0.2, 0.25) is 5.91 Å². The molecular weight excluding hydrogens is 378 g/mol. The molecule has 6 heteroatoms. The summed E-state index contributed by atoms with van der Waals surface area (Å²) in [6.07, 6.45) is 3.25. The largest absolute Gasteiger partial charge is 0.337 e. The van der Waals surface area contributed by atoms with Gasteiger partial charge >= 0.3 is 0 Å². The van der Waals surface area contributed by atoms with Gasteiger partial charge in [0, 0.05) is 50.9 Å². The van der Waals surface area contributed by atoms with E-state index in [1.165, 1.54) is 28.5 Å². The number of carbonyl (C=O) groups is 1. The summed E-state index contributed by atoms with van der Waals surface area (Å²) in [5, 5.41) is 13.2. The van der Waals surface area contributed by atoms with E-state index in [0.29, 0.717) is 13.1 Å². The number of hydrogen-bond donors (Lipinski definition) is 0. The Morgan fingerprint density at radius 3 is 2.37 bits per heavy atom. The van der Waals surface area contributed by atoms with Crippen molar-refractivity contribution in [1.29, 1.82) is 0 Å². The van der Waals surface area contributed by atoms with Crippen molar-refractivity contribution in [2.75, 3.05) is 26.2 Å². The molecule has 0 spiro atoms. The van der Waals surface area contributed by atoms with Gasteiger partial charge in [-0.2, -0.15) is 0 Å². The van der Waals surface area contributed by atoms with E-state index in [-0.39, 0.29) is 11.6 Å². The monoisotopic (exact) mass is 401 g/mol. The first-order chi connectivity index (χ1) is 14.6. The van der Waals surface area contributed by atoms with E-state index in [1.807, 2.05) is 4.90 Å². The number of amides is 1. The van der Waals surface area contributed by atoms with E-state index in [9.17, 15) is 14.9 Å². The number of nitro groups is 1. The van der Waals surface area contributed by atoms with E-state index in [2.05, 4.69) is 47.4 Å². The molecule has 0 bridgehead atoms. The smallest absolute Gasteiger partial charge is 0.269 e. The van der Waals surface area contributed by atoms with E-state index >= 15 is 0 Å². The number of rotatable bonds is 5. The van der Waals surface area contributed by atoms with Crippen LogP contribution in [0.25, 0.3) is 16.8 Å². The molecule has 1 fully saturated rings. The maximum atomic E-state index is 12.5. The first-order valence-corrected chi connectivity index (χ1v) is 10.0. The highest BCUT2D eigenvalue weighted by atomic mass is 16.6. The Kier molecular flexibility index (Phi) is 5.86. The Balaban J connectivity index is 1.32. The normalized spacial score (nSPS) is 15.0. The van der Waals surface area contributed by atoms with Crippen molar-refractivity contribution in [2.45, 2.75) is 6.54 Å². The van der Waals surface area contributed by atoms with Crippen LogP contribution >= 0.6 is 0 Å². The lowest BCUT2D eigenvalue weighted by molar-refractivity contribution is -0.384. The van der Waals surface area contributed by atoms with Crippen LogP contribution in [-0.2, 0) is 11.3 Å². The fourth-order valence-electron chi connectivity index (χ4n) is 3.78. The zero-order chi connectivity index (χ0) is 20.9. The SMILES string of the molecule is O=C(/C=C/c1ccc([N+](=O)[O-])cc1)N1CCN(Cc2cccc3ccccc23)CC1. The minimum atomic E-state index is -0.434. The van der Waals surface area contributed by atoms with Gasteiger partial charge in [-0.1, -0.05) is 42.5 Å². The number of fused-ring (bicyclic) bond motifs is 1.